The van der Waals surface area contributed by atoms with Crippen molar-refractivity contribution in [1.82, 2.24) is 0 Å². The van der Waals surface area contributed by atoms with E-state index in [4.69, 9.17) is 19.9 Å². The average molecular weight is 395 g/mol. The van der Waals surface area contributed by atoms with E-state index < -0.39 is 30.4 Å². The van der Waals surface area contributed by atoms with Crippen molar-refractivity contribution in [2.24, 2.45) is 5.73 Å². The molecule has 0 bridgehead atoms. The van der Waals surface area contributed by atoms with Gasteiger partial charge in [0.15, 0.2) is 11.5 Å². The molecule has 4 N–H and O–H groups in total. The van der Waals surface area contributed by atoms with E-state index in [1.807, 2.05) is 0 Å². The maximum Gasteiger partial charge on any atom is 0.508 e. The van der Waals surface area contributed by atoms with Crippen molar-refractivity contribution in [3.05, 3.63) is 23.8 Å². The van der Waals surface area contributed by atoms with Crippen LogP contribution in [0, 0.1) is 0 Å². The molecule has 0 radical (unpaired) electrons. The van der Waals surface area contributed by atoms with Gasteiger partial charge < -0.3 is 30.2 Å². The largest absolute Gasteiger partial charge is 0.508 e. The number of nitrogens with two attached hydrogens (primary N) is 1. The Morgan fingerprint density at radius 3 is 2.36 bits per heavy atom. The first kappa shape index (κ1) is 21.8. The third kappa shape index (κ3) is 6.60. The van der Waals surface area contributed by atoms with Crippen molar-refractivity contribution in [2.45, 2.75) is 76.7 Å². The molecule has 1 fully saturated rings. The number of ether oxygens (including phenoxy) is 3. The van der Waals surface area contributed by atoms with Gasteiger partial charge >= 0.3 is 12.1 Å². The molecule has 0 heterocycles. The number of carbonyl (C=O) groups is 2. The Morgan fingerprint density at radius 1 is 1.07 bits per heavy atom. The number of carbonyl (C=O) groups excluding carboxylic acids is 2. The molecule has 8 heteroatoms. The first-order valence-electron chi connectivity index (χ1n) is 9.60. The molecule has 2 rings (SSSR count). The molecule has 1 aliphatic carbocycles. The van der Waals surface area contributed by atoms with Gasteiger partial charge in [0.05, 0.1) is 0 Å². The van der Waals surface area contributed by atoms with Crippen LogP contribution in [0.25, 0.3) is 0 Å². The SMILES string of the molecule is CC(OC(=O)OC1CCCCC1)[C@@H](C)OC(=O)[C@@H](N)Cc1ccc(O)c(O)c1. The average Bonchev–Trinajstić information content (AvgIpc) is 2.65. The number of hydrogen-bond acceptors (Lipinski definition) is 8. The molecular formula is C20H29NO7. The molecule has 1 aromatic carbocycles. The summed E-state index contributed by atoms with van der Waals surface area (Å²) in [5, 5.41) is 18.8. The first-order chi connectivity index (χ1) is 13.3. The van der Waals surface area contributed by atoms with Crippen molar-refractivity contribution in [3.8, 4) is 11.5 Å². The number of phenolic OH excluding ortho intramolecular Hbond substituents is 2. The Labute approximate surface area is 164 Å². The Bertz CT molecular complexity index is 673. The zero-order valence-electron chi connectivity index (χ0n) is 16.3. The molecule has 0 aromatic heterocycles. The molecule has 28 heavy (non-hydrogen) atoms. The summed E-state index contributed by atoms with van der Waals surface area (Å²) in [4.78, 5) is 24.1. The van der Waals surface area contributed by atoms with Crippen molar-refractivity contribution >= 4 is 12.1 Å². The molecule has 0 amide bonds. The van der Waals surface area contributed by atoms with Crippen LogP contribution in [0.4, 0.5) is 4.79 Å². The third-order valence-electron chi connectivity index (χ3n) is 4.86. The molecule has 3 atom stereocenters. The van der Waals surface area contributed by atoms with Gasteiger partial charge in [0, 0.05) is 0 Å². The van der Waals surface area contributed by atoms with E-state index in [-0.39, 0.29) is 24.0 Å². The normalized spacial score (nSPS) is 18.0. The maximum absolute atomic E-state index is 12.2. The summed E-state index contributed by atoms with van der Waals surface area (Å²) in [6.07, 6.45) is 2.78. The molecule has 8 nitrogen and oxygen atoms in total. The summed E-state index contributed by atoms with van der Waals surface area (Å²) in [6, 6.07) is 3.24. The fourth-order valence-corrected chi connectivity index (χ4v) is 2.99. The van der Waals surface area contributed by atoms with Crippen LogP contribution in [0.1, 0.15) is 51.5 Å². The lowest BCUT2D eigenvalue weighted by Crippen LogP contribution is -2.39. The minimum atomic E-state index is -0.965. The van der Waals surface area contributed by atoms with Gasteiger partial charge in [0.1, 0.15) is 24.4 Å². The Hall–Kier alpha value is -2.48. The number of aromatic hydroxyl groups is 2. The minimum Gasteiger partial charge on any atom is -0.504 e. The Balaban J connectivity index is 1.77. The highest BCUT2D eigenvalue weighted by Gasteiger charge is 2.26. The highest BCUT2D eigenvalue weighted by atomic mass is 16.7. The van der Waals surface area contributed by atoms with Gasteiger partial charge in [0.2, 0.25) is 0 Å². The third-order valence-corrected chi connectivity index (χ3v) is 4.86. The molecule has 1 saturated carbocycles. The van der Waals surface area contributed by atoms with Crippen LogP contribution >= 0.6 is 0 Å². The number of benzene rings is 1. The van der Waals surface area contributed by atoms with Crippen LogP contribution in [-0.4, -0.2) is 46.7 Å². The second kappa shape index (κ2) is 10.2. The second-order valence-corrected chi connectivity index (χ2v) is 7.23. The van der Waals surface area contributed by atoms with Crippen molar-refractivity contribution in [1.29, 1.82) is 0 Å². The van der Waals surface area contributed by atoms with E-state index in [9.17, 15) is 19.8 Å². The van der Waals surface area contributed by atoms with E-state index in [2.05, 4.69) is 0 Å². The molecule has 0 saturated heterocycles. The second-order valence-electron chi connectivity index (χ2n) is 7.23. The highest BCUT2D eigenvalue weighted by molar-refractivity contribution is 5.76. The van der Waals surface area contributed by atoms with Crippen LogP contribution in [0.3, 0.4) is 0 Å². The summed E-state index contributed by atoms with van der Waals surface area (Å²) >= 11 is 0. The molecular weight excluding hydrogens is 366 g/mol. The number of hydrogen-bond donors (Lipinski definition) is 3. The number of rotatable bonds is 7. The van der Waals surface area contributed by atoms with Crippen LogP contribution in [0.5, 0.6) is 11.5 Å². The van der Waals surface area contributed by atoms with Gasteiger partial charge in [-0.1, -0.05) is 12.5 Å². The first-order valence-corrected chi connectivity index (χ1v) is 9.60. The number of phenols is 2. The maximum atomic E-state index is 12.2. The van der Waals surface area contributed by atoms with Crippen molar-refractivity contribution in [2.75, 3.05) is 0 Å². The Kier molecular flexibility index (Phi) is 7.92. The lowest BCUT2D eigenvalue weighted by atomic mass is 9.98. The molecule has 156 valence electrons. The van der Waals surface area contributed by atoms with E-state index in [0.717, 1.165) is 32.1 Å². The predicted octanol–water partition coefficient (Wildman–Crippen LogP) is 2.77. The standard InChI is InChI=1S/C20H29NO7/c1-12(13(2)27-20(25)28-15-6-4-3-5-7-15)26-19(24)16(21)10-14-8-9-17(22)18(23)11-14/h8-9,11-13,15-16,22-23H,3-7,10,21H2,1-2H3/t12-,13?,16+/m1/s1. The van der Waals surface area contributed by atoms with Gasteiger partial charge in [-0.05, 0) is 63.6 Å². The van der Waals surface area contributed by atoms with Crippen LogP contribution in [0.15, 0.2) is 18.2 Å². The smallest absolute Gasteiger partial charge is 0.504 e. The zero-order chi connectivity index (χ0) is 20.7. The highest BCUT2D eigenvalue weighted by Crippen LogP contribution is 2.25. The lowest BCUT2D eigenvalue weighted by molar-refractivity contribution is -0.155. The van der Waals surface area contributed by atoms with E-state index in [0.29, 0.717) is 5.56 Å². The zero-order valence-corrected chi connectivity index (χ0v) is 16.3. The molecule has 0 aliphatic heterocycles. The van der Waals surface area contributed by atoms with Crippen LogP contribution in [-0.2, 0) is 25.4 Å². The van der Waals surface area contributed by atoms with Gasteiger partial charge in [0.25, 0.3) is 0 Å². The number of esters is 1. The van der Waals surface area contributed by atoms with Gasteiger partial charge in [-0.2, -0.15) is 0 Å². The van der Waals surface area contributed by atoms with Gasteiger partial charge in [-0.3, -0.25) is 4.79 Å². The van der Waals surface area contributed by atoms with Gasteiger partial charge in [-0.15, -0.1) is 0 Å². The molecule has 1 aliphatic rings. The summed E-state index contributed by atoms with van der Waals surface area (Å²) in [7, 11) is 0. The quantitative estimate of drug-likeness (QED) is 0.475. The van der Waals surface area contributed by atoms with Gasteiger partial charge in [-0.25, -0.2) is 4.79 Å². The van der Waals surface area contributed by atoms with Crippen LogP contribution in [0.2, 0.25) is 0 Å². The van der Waals surface area contributed by atoms with E-state index in [1.165, 1.54) is 12.1 Å². The molecule has 1 unspecified atom stereocenters. The van der Waals surface area contributed by atoms with Crippen molar-refractivity contribution < 1.29 is 34.0 Å². The predicted molar refractivity (Wildman–Crippen MR) is 101 cm³/mol. The fourth-order valence-electron chi connectivity index (χ4n) is 2.99. The summed E-state index contributed by atoms with van der Waals surface area (Å²) in [5.74, 6) is -1.19. The molecule has 0 spiro atoms. The minimum absolute atomic E-state index is 0.110. The topological polar surface area (TPSA) is 128 Å². The van der Waals surface area contributed by atoms with E-state index in [1.54, 1.807) is 19.9 Å². The summed E-state index contributed by atoms with van der Waals surface area (Å²) < 4.78 is 15.8. The Morgan fingerprint density at radius 2 is 1.71 bits per heavy atom. The lowest BCUT2D eigenvalue weighted by Gasteiger charge is -2.25. The van der Waals surface area contributed by atoms with E-state index >= 15 is 0 Å². The molecule has 1 aromatic rings. The summed E-state index contributed by atoms with van der Waals surface area (Å²) in [6.45, 7) is 3.22. The monoisotopic (exact) mass is 395 g/mol. The van der Waals surface area contributed by atoms with Crippen LogP contribution < -0.4 is 5.73 Å². The summed E-state index contributed by atoms with van der Waals surface area (Å²) in [5.41, 5.74) is 6.44. The van der Waals surface area contributed by atoms with Crippen molar-refractivity contribution in [3.63, 3.8) is 0 Å². The fraction of sp³-hybridized carbons (Fsp3) is 0.600.